The standard InChI is InChI=1S/C9H12N2O3/c1-6(12)7-4-8(9(13)14)11(5-7)10(2)3/h4-5H,1-3H3,(H,13,14). The number of carbonyl (C=O) groups excluding carboxylic acids is 1. The van der Waals surface area contributed by atoms with Crippen molar-refractivity contribution in [2.45, 2.75) is 6.92 Å². The van der Waals surface area contributed by atoms with Crippen molar-refractivity contribution >= 4 is 11.8 Å². The Bertz CT molecular complexity index is 379. The quantitative estimate of drug-likeness (QED) is 0.718. The van der Waals surface area contributed by atoms with Crippen LogP contribution in [0.5, 0.6) is 0 Å². The van der Waals surface area contributed by atoms with Crippen molar-refractivity contribution < 1.29 is 14.7 Å². The predicted octanol–water partition coefficient (Wildman–Crippen LogP) is 0.587. The van der Waals surface area contributed by atoms with E-state index in [-0.39, 0.29) is 11.5 Å². The average Bonchev–Trinajstić information content (AvgIpc) is 2.47. The van der Waals surface area contributed by atoms with E-state index in [1.54, 1.807) is 19.1 Å². The van der Waals surface area contributed by atoms with E-state index < -0.39 is 5.97 Å². The molecule has 1 heterocycles. The summed E-state index contributed by atoms with van der Waals surface area (Å²) >= 11 is 0. The van der Waals surface area contributed by atoms with Crippen molar-refractivity contribution in [3.05, 3.63) is 23.5 Å². The number of aromatic nitrogens is 1. The smallest absolute Gasteiger partial charge is 0.354 e. The zero-order valence-corrected chi connectivity index (χ0v) is 8.31. The van der Waals surface area contributed by atoms with Gasteiger partial charge in [0.1, 0.15) is 5.69 Å². The number of rotatable bonds is 3. The molecule has 5 nitrogen and oxygen atoms in total. The molecule has 0 amide bonds. The Hall–Kier alpha value is -1.78. The zero-order valence-electron chi connectivity index (χ0n) is 8.31. The zero-order chi connectivity index (χ0) is 10.9. The van der Waals surface area contributed by atoms with Crippen molar-refractivity contribution in [1.29, 1.82) is 0 Å². The minimum absolute atomic E-state index is 0.0835. The van der Waals surface area contributed by atoms with Crippen molar-refractivity contribution in [2.75, 3.05) is 19.1 Å². The van der Waals surface area contributed by atoms with Crippen molar-refractivity contribution in [1.82, 2.24) is 4.68 Å². The summed E-state index contributed by atoms with van der Waals surface area (Å²) in [5.41, 5.74) is 0.483. The average molecular weight is 196 g/mol. The van der Waals surface area contributed by atoms with Gasteiger partial charge in [0.15, 0.2) is 5.78 Å². The van der Waals surface area contributed by atoms with Gasteiger partial charge in [0.25, 0.3) is 0 Å². The molecule has 1 aromatic heterocycles. The minimum Gasteiger partial charge on any atom is -0.477 e. The van der Waals surface area contributed by atoms with Crippen LogP contribution in [0.1, 0.15) is 27.8 Å². The molecule has 0 aliphatic carbocycles. The molecule has 1 aromatic rings. The maximum atomic E-state index is 11.0. The highest BCUT2D eigenvalue weighted by Gasteiger charge is 2.15. The topological polar surface area (TPSA) is 62.5 Å². The molecule has 0 aliphatic rings. The monoisotopic (exact) mass is 196 g/mol. The molecule has 0 saturated carbocycles. The van der Waals surface area contributed by atoms with Gasteiger partial charge in [-0.1, -0.05) is 0 Å². The van der Waals surface area contributed by atoms with Gasteiger partial charge >= 0.3 is 5.97 Å². The number of aromatic carboxylic acids is 1. The fraction of sp³-hybridized carbons (Fsp3) is 0.333. The highest BCUT2D eigenvalue weighted by atomic mass is 16.4. The molecule has 5 heteroatoms. The van der Waals surface area contributed by atoms with E-state index in [2.05, 4.69) is 0 Å². The second kappa shape index (κ2) is 3.53. The van der Waals surface area contributed by atoms with Crippen molar-refractivity contribution in [3.8, 4) is 0 Å². The first-order valence-electron chi connectivity index (χ1n) is 4.07. The van der Waals surface area contributed by atoms with Crippen LogP contribution in [0.4, 0.5) is 0 Å². The SMILES string of the molecule is CC(=O)c1cc(C(=O)O)n(N(C)C)c1. The first kappa shape index (κ1) is 10.3. The van der Waals surface area contributed by atoms with E-state index in [0.717, 1.165) is 0 Å². The number of carbonyl (C=O) groups is 2. The van der Waals surface area contributed by atoms with Crippen LogP contribution in [0, 0.1) is 0 Å². The summed E-state index contributed by atoms with van der Waals surface area (Å²) in [5.74, 6) is -1.20. The second-order valence-corrected chi connectivity index (χ2v) is 3.17. The Morgan fingerprint density at radius 2 is 2.00 bits per heavy atom. The first-order chi connectivity index (χ1) is 6.43. The van der Waals surface area contributed by atoms with Gasteiger partial charge in [0.2, 0.25) is 0 Å². The van der Waals surface area contributed by atoms with Crippen LogP contribution >= 0.6 is 0 Å². The number of carboxylic acids is 1. The lowest BCUT2D eigenvalue weighted by atomic mass is 10.2. The van der Waals surface area contributed by atoms with E-state index >= 15 is 0 Å². The predicted molar refractivity (Wildman–Crippen MR) is 51.5 cm³/mol. The third kappa shape index (κ3) is 1.76. The summed E-state index contributed by atoms with van der Waals surface area (Å²) in [5, 5.41) is 10.4. The fourth-order valence-electron chi connectivity index (χ4n) is 1.14. The Morgan fingerprint density at radius 3 is 2.29 bits per heavy atom. The Balaban J connectivity index is 3.26. The molecule has 0 aliphatic heterocycles. The molecule has 0 radical (unpaired) electrons. The summed E-state index contributed by atoms with van der Waals surface area (Å²) in [6.07, 6.45) is 1.51. The van der Waals surface area contributed by atoms with Crippen LogP contribution in [0.25, 0.3) is 0 Å². The number of hydrogen-bond acceptors (Lipinski definition) is 3. The van der Waals surface area contributed by atoms with E-state index in [0.29, 0.717) is 5.56 Å². The molecular formula is C9H12N2O3. The third-order valence-corrected chi connectivity index (χ3v) is 1.86. The van der Waals surface area contributed by atoms with E-state index in [1.807, 2.05) is 0 Å². The lowest BCUT2D eigenvalue weighted by Crippen LogP contribution is -2.27. The van der Waals surface area contributed by atoms with Crippen LogP contribution < -0.4 is 5.01 Å². The lowest BCUT2D eigenvalue weighted by molar-refractivity contribution is 0.0685. The van der Waals surface area contributed by atoms with Gasteiger partial charge in [0.05, 0.1) is 0 Å². The van der Waals surface area contributed by atoms with Crippen LogP contribution in [0.15, 0.2) is 12.3 Å². The van der Waals surface area contributed by atoms with Gasteiger partial charge in [-0.25, -0.2) is 4.79 Å². The number of hydrogen-bond donors (Lipinski definition) is 1. The molecule has 0 spiro atoms. The number of ketones is 1. The second-order valence-electron chi connectivity index (χ2n) is 3.17. The van der Waals surface area contributed by atoms with E-state index in [1.165, 1.54) is 23.9 Å². The summed E-state index contributed by atoms with van der Waals surface area (Å²) < 4.78 is 1.42. The normalized spacial score (nSPS) is 9.93. The minimum atomic E-state index is -1.05. The number of carboxylic acid groups (broad SMARTS) is 1. The van der Waals surface area contributed by atoms with Gasteiger partial charge < -0.3 is 10.1 Å². The van der Waals surface area contributed by atoms with Crippen molar-refractivity contribution in [3.63, 3.8) is 0 Å². The van der Waals surface area contributed by atoms with E-state index in [9.17, 15) is 9.59 Å². The van der Waals surface area contributed by atoms with E-state index in [4.69, 9.17) is 5.11 Å². The van der Waals surface area contributed by atoms with Gasteiger partial charge in [-0.2, -0.15) is 0 Å². The number of Topliss-reactive ketones (excluding diaryl/α,β-unsaturated/α-hetero) is 1. The molecule has 76 valence electrons. The molecule has 0 saturated heterocycles. The molecule has 0 aromatic carbocycles. The molecule has 0 unspecified atom stereocenters. The van der Waals surface area contributed by atoms with Crippen LogP contribution in [-0.2, 0) is 0 Å². The van der Waals surface area contributed by atoms with Crippen molar-refractivity contribution in [2.24, 2.45) is 0 Å². The highest BCUT2D eigenvalue weighted by Crippen LogP contribution is 2.09. The molecule has 0 atom stereocenters. The largest absolute Gasteiger partial charge is 0.477 e. The van der Waals surface area contributed by atoms with Gasteiger partial charge in [-0.3, -0.25) is 9.47 Å². The third-order valence-electron chi connectivity index (χ3n) is 1.86. The molecular weight excluding hydrogens is 184 g/mol. The Morgan fingerprint density at radius 1 is 1.43 bits per heavy atom. The summed E-state index contributed by atoms with van der Waals surface area (Å²) in [6.45, 7) is 1.40. The Kier molecular flexibility index (Phi) is 2.60. The first-order valence-corrected chi connectivity index (χ1v) is 4.07. The van der Waals surface area contributed by atoms with Gasteiger partial charge in [-0.05, 0) is 13.0 Å². The van der Waals surface area contributed by atoms with Gasteiger partial charge in [-0.15, -0.1) is 0 Å². The summed E-state index contributed by atoms with van der Waals surface area (Å²) in [6, 6.07) is 1.37. The van der Waals surface area contributed by atoms with Crippen LogP contribution in [0.2, 0.25) is 0 Å². The van der Waals surface area contributed by atoms with Crippen LogP contribution in [-0.4, -0.2) is 35.6 Å². The molecule has 14 heavy (non-hydrogen) atoms. The maximum Gasteiger partial charge on any atom is 0.354 e. The fourth-order valence-corrected chi connectivity index (χ4v) is 1.14. The highest BCUT2D eigenvalue weighted by molar-refractivity contribution is 5.97. The van der Waals surface area contributed by atoms with Crippen LogP contribution in [0.3, 0.4) is 0 Å². The molecule has 1 N–H and O–H groups in total. The Labute approximate surface area is 81.5 Å². The molecule has 0 bridgehead atoms. The number of nitrogens with zero attached hydrogens (tertiary/aromatic N) is 2. The summed E-state index contributed by atoms with van der Waals surface area (Å²) in [7, 11) is 3.41. The molecule has 1 rings (SSSR count). The maximum absolute atomic E-state index is 11.0. The summed E-state index contributed by atoms with van der Waals surface area (Å²) in [4.78, 5) is 21.8. The molecule has 0 fully saturated rings. The van der Waals surface area contributed by atoms with Gasteiger partial charge in [0, 0.05) is 25.9 Å². The lowest BCUT2D eigenvalue weighted by Gasteiger charge is -2.15.